The fraction of sp³-hybridized carbons (Fsp3) is 0.529. The molecule has 1 aromatic carbocycles. The highest BCUT2D eigenvalue weighted by molar-refractivity contribution is 8.00. The largest absolute Gasteiger partial charge is 0.416 e. The first-order chi connectivity index (χ1) is 12.3. The maximum absolute atomic E-state index is 12.7. The molecule has 0 radical (unpaired) electrons. The number of rotatable bonds is 6. The SMILES string of the molecule is CCNC(=O)N(CC)CCN1C(=O)CS[C@H]1c1ccc(C(F)(F)F)cc1. The lowest BCUT2D eigenvalue weighted by Crippen LogP contribution is -2.44. The molecule has 0 aliphatic carbocycles. The van der Waals surface area contributed by atoms with Crippen LogP contribution in [-0.4, -0.2) is 53.7 Å². The summed E-state index contributed by atoms with van der Waals surface area (Å²) >= 11 is 1.38. The minimum absolute atomic E-state index is 0.0770. The average Bonchev–Trinajstić information content (AvgIpc) is 2.96. The summed E-state index contributed by atoms with van der Waals surface area (Å²) in [5, 5.41) is 2.38. The third-order valence-corrected chi connectivity index (χ3v) is 5.36. The molecule has 5 nitrogen and oxygen atoms in total. The molecule has 0 bridgehead atoms. The quantitative estimate of drug-likeness (QED) is 0.812. The molecule has 3 amide bonds. The Morgan fingerprint density at radius 3 is 2.50 bits per heavy atom. The van der Waals surface area contributed by atoms with E-state index in [1.165, 1.54) is 23.9 Å². The number of hydrogen-bond donors (Lipinski definition) is 1. The molecule has 0 saturated carbocycles. The number of urea groups is 1. The molecular formula is C17H22F3N3O2S. The molecule has 0 spiro atoms. The van der Waals surface area contributed by atoms with Gasteiger partial charge in [0.2, 0.25) is 5.91 Å². The van der Waals surface area contributed by atoms with Crippen molar-refractivity contribution in [3.05, 3.63) is 35.4 Å². The average molecular weight is 389 g/mol. The molecule has 9 heteroatoms. The van der Waals surface area contributed by atoms with Crippen LogP contribution in [-0.2, 0) is 11.0 Å². The number of carbonyl (C=O) groups excluding carboxylic acids is 2. The van der Waals surface area contributed by atoms with Gasteiger partial charge in [-0.15, -0.1) is 11.8 Å². The van der Waals surface area contributed by atoms with Gasteiger partial charge in [-0.25, -0.2) is 4.79 Å². The van der Waals surface area contributed by atoms with E-state index in [1.807, 2.05) is 13.8 Å². The molecule has 1 N–H and O–H groups in total. The minimum Gasteiger partial charge on any atom is -0.338 e. The maximum atomic E-state index is 12.7. The Labute approximate surface area is 154 Å². The summed E-state index contributed by atoms with van der Waals surface area (Å²) in [4.78, 5) is 27.4. The fourth-order valence-electron chi connectivity index (χ4n) is 2.70. The lowest BCUT2D eigenvalue weighted by atomic mass is 10.1. The van der Waals surface area contributed by atoms with E-state index in [2.05, 4.69) is 5.32 Å². The zero-order valence-corrected chi connectivity index (χ0v) is 15.5. The number of carbonyl (C=O) groups is 2. The van der Waals surface area contributed by atoms with Crippen molar-refractivity contribution in [3.8, 4) is 0 Å². The molecule has 1 aliphatic rings. The Morgan fingerprint density at radius 2 is 1.96 bits per heavy atom. The van der Waals surface area contributed by atoms with E-state index in [-0.39, 0.29) is 23.1 Å². The van der Waals surface area contributed by atoms with Gasteiger partial charge in [-0.2, -0.15) is 13.2 Å². The summed E-state index contributed by atoms with van der Waals surface area (Å²) in [6.45, 7) is 5.40. The van der Waals surface area contributed by atoms with E-state index in [0.29, 0.717) is 31.7 Å². The molecule has 1 aliphatic heterocycles. The van der Waals surface area contributed by atoms with Crippen LogP contribution in [0.5, 0.6) is 0 Å². The van der Waals surface area contributed by atoms with Crippen LogP contribution in [0.3, 0.4) is 0 Å². The van der Waals surface area contributed by atoms with Crippen molar-refractivity contribution < 1.29 is 22.8 Å². The first-order valence-electron chi connectivity index (χ1n) is 8.39. The van der Waals surface area contributed by atoms with Crippen molar-refractivity contribution in [2.45, 2.75) is 25.4 Å². The van der Waals surface area contributed by atoms with Gasteiger partial charge in [-0.05, 0) is 31.5 Å². The number of amides is 3. The van der Waals surface area contributed by atoms with Gasteiger partial charge in [0.1, 0.15) is 5.37 Å². The molecule has 0 unspecified atom stereocenters. The Bertz CT molecular complexity index is 637. The van der Waals surface area contributed by atoms with E-state index >= 15 is 0 Å². The fourth-order valence-corrected chi connectivity index (χ4v) is 3.92. The predicted molar refractivity (Wildman–Crippen MR) is 94.7 cm³/mol. The standard InChI is InChI=1S/C17H22F3N3O2S/c1-3-21-16(25)22(4-2)9-10-23-14(24)11-26-15(23)12-5-7-13(8-6-12)17(18,19)20/h5-8,15H,3-4,9-11H2,1-2H3,(H,21,25)/t15-/m0/s1. The number of benzene rings is 1. The lowest BCUT2D eigenvalue weighted by Gasteiger charge is -2.28. The zero-order chi connectivity index (χ0) is 19.3. The number of alkyl halides is 3. The lowest BCUT2D eigenvalue weighted by molar-refractivity contribution is -0.137. The smallest absolute Gasteiger partial charge is 0.338 e. The van der Waals surface area contributed by atoms with E-state index in [9.17, 15) is 22.8 Å². The van der Waals surface area contributed by atoms with Gasteiger partial charge in [0.05, 0.1) is 11.3 Å². The third kappa shape index (κ3) is 4.84. The van der Waals surface area contributed by atoms with Gasteiger partial charge in [0.15, 0.2) is 0 Å². The first-order valence-corrected chi connectivity index (χ1v) is 9.43. The summed E-state index contributed by atoms with van der Waals surface area (Å²) in [6, 6.07) is 4.69. The molecule has 144 valence electrons. The highest BCUT2D eigenvalue weighted by Gasteiger charge is 2.34. The number of halogens is 3. The monoisotopic (exact) mass is 389 g/mol. The van der Waals surface area contributed by atoms with Crippen molar-refractivity contribution in [3.63, 3.8) is 0 Å². The number of thioether (sulfide) groups is 1. The Hall–Kier alpha value is -1.90. The summed E-state index contributed by atoms with van der Waals surface area (Å²) in [5.74, 6) is 0.200. The van der Waals surface area contributed by atoms with Crippen LogP contribution in [0.4, 0.5) is 18.0 Å². The van der Waals surface area contributed by atoms with E-state index < -0.39 is 11.7 Å². The van der Waals surface area contributed by atoms with Crippen molar-refractivity contribution in [1.82, 2.24) is 15.1 Å². The van der Waals surface area contributed by atoms with Crippen molar-refractivity contribution >= 4 is 23.7 Å². The molecule has 1 fully saturated rings. The van der Waals surface area contributed by atoms with Crippen LogP contribution >= 0.6 is 11.8 Å². The van der Waals surface area contributed by atoms with E-state index in [1.54, 1.807) is 9.80 Å². The van der Waals surface area contributed by atoms with Gasteiger partial charge >= 0.3 is 12.2 Å². The second-order valence-corrected chi connectivity index (χ2v) is 6.85. The Morgan fingerprint density at radius 1 is 1.31 bits per heavy atom. The van der Waals surface area contributed by atoms with E-state index in [4.69, 9.17) is 0 Å². The normalized spacial score (nSPS) is 17.5. The summed E-state index contributed by atoms with van der Waals surface area (Å²) in [7, 11) is 0. The molecule has 2 rings (SSSR count). The van der Waals surface area contributed by atoms with Gasteiger partial charge in [-0.1, -0.05) is 12.1 Å². The summed E-state index contributed by atoms with van der Waals surface area (Å²) in [5.41, 5.74) is -0.0644. The van der Waals surface area contributed by atoms with E-state index in [0.717, 1.165) is 12.1 Å². The molecule has 0 aromatic heterocycles. The van der Waals surface area contributed by atoms with Crippen LogP contribution in [0.1, 0.15) is 30.3 Å². The number of nitrogens with one attached hydrogen (secondary N) is 1. The maximum Gasteiger partial charge on any atom is 0.416 e. The van der Waals surface area contributed by atoms with Gasteiger partial charge in [-0.3, -0.25) is 4.79 Å². The predicted octanol–water partition coefficient (Wildman–Crippen LogP) is 3.33. The molecule has 1 heterocycles. The molecule has 1 aromatic rings. The molecular weight excluding hydrogens is 367 g/mol. The number of nitrogens with zero attached hydrogens (tertiary/aromatic N) is 2. The molecule has 26 heavy (non-hydrogen) atoms. The summed E-state index contributed by atoms with van der Waals surface area (Å²) in [6.07, 6.45) is -4.38. The minimum atomic E-state index is -4.38. The highest BCUT2D eigenvalue weighted by atomic mass is 32.2. The van der Waals surface area contributed by atoms with Crippen LogP contribution in [0, 0.1) is 0 Å². The molecule has 1 saturated heterocycles. The summed E-state index contributed by atoms with van der Waals surface area (Å²) < 4.78 is 38.1. The van der Waals surface area contributed by atoms with Crippen LogP contribution in [0.15, 0.2) is 24.3 Å². The van der Waals surface area contributed by atoms with Crippen molar-refractivity contribution in [1.29, 1.82) is 0 Å². The van der Waals surface area contributed by atoms with Gasteiger partial charge in [0, 0.05) is 26.2 Å². The van der Waals surface area contributed by atoms with Gasteiger partial charge in [0.25, 0.3) is 0 Å². The number of hydrogen-bond acceptors (Lipinski definition) is 3. The third-order valence-electron chi connectivity index (χ3n) is 4.10. The van der Waals surface area contributed by atoms with Crippen LogP contribution in [0.2, 0.25) is 0 Å². The second-order valence-electron chi connectivity index (χ2n) is 5.79. The zero-order valence-electron chi connectivity index (χ0n) is 14.7. The van der Waals surface area contributed by atoms with Crippen LogP contribution < -0.4 is 5.32 Å². The van der Waals surface area contributed by atoms with Gasteiger partial charge < -0.3 is 15.1 Å². The Balaban J connectivity index is 2.07. The Kier molecular flexibility index (Phi) is 6.80. The first kappa shape index (κ1) is 20.4. The molecule has 1 atom stereocenters. The van der Waals surface area contributed by atoms with Crippen LogP contribution in [0.25, 0.3) is 0 Å². The van der Waals surface area contributed by atoms with Crippen molar-refractivity contribution in [2.24, 2.45) is 0 Å². The number of likely N-dealkylation sites (N-methyl/N-ethyl adjacent to an activating group) is 1. The topological polar surface area (TPSA) is 52.7 Å². The second kappa shape index (κ2) is 8.66. The van der Waals surface area contributed by atoms with Crippen molar-refractivity contribution in [2.75, 3.05) is 31.9 Å². The highest BCUT2D eigenvalue weighted by Crippen LogP contribution is 2.39.